The molecule has 0 saturated carbocycles. The number of nitrogens with two attached hydrogens (primary N) is 1. The second kappa shape index (κ2) is 5.88. The molecule has 1 heterocycles. The van der Waals surface area contributed by atoms with Crippen molar-refractivity contribution in [3.05, 3.63) is 18.0 Å². The number of aryl methyl sites for hydroxylation is 1. The molecule has 1 rings (SSSR count). The van der Waals surface area contributed by atoms with Crippen LogP contribution in [0.1, 0.15) is 44.7 Å². The van der Waals surface area contributed by atoms with E-state index >= 15 is 0 Å². The molecular formula is C11H22N4. The first-order valence-electron chi connectivity index (χ1n) is 5.62. The van der Waals surface area contributed by atoms with Gasteiger partial charge in [0.1, 0.15) is 0 Å². The highest BCUT2D eigenvalue weighted by atomic mass is 15.3. The Morgan fingerprint density at radius 2 is 2.33 bits per heavy atom. The van der Waals surface area contributed by atoms with Crippen LogP contribution in [0, 0.1) is 5.92 Å². The normalized spacial score (nSPS) is 15.2. The highest BCUT2D eigenvalue weighted by molar-refractivity contribution is 5.09. The van der Waals surface area contributed by atoms with Gasteiger partial charge in [-0.05, 0) is 12.3 Å². The Bertz CT molecular complexity index is 282. The van der Waals surface area contributed by atoms with Crippen molar-refractivity contribution in [1.82, 2.24) is 15.2 Å². The second-order valence-electron chi connectivity index (χ2n) is 4.30. The maximum absolute atomic E-state index is 5.57. The molecular weight excluding hydrogens is 188 g/mol. The Morgan fingerprint density at radius 1 is 1.60 bits per heavy atom. The Labute approximate surface area is 91.8 Å². The second-order valence-corrected chi connectivity index (χ2v) is 4.30. The maximum Gasteiger partial charge on any atom is 0.0538 e. The summed E-state index contributed by atoms with van der Waals surface area (Å²) in [6.45, 7) is 4.48. The molecule has 2 unspecified atom stereocenters. The van der Waals surface area contributed by atoms with Gasteiger partial charge in [0.2, 0.25) is 0 Å². The number of nitrogens with one attached hydrogen (secondary N) is 1. The number of hydrogen-bond acceptors (Lipinski definition) is 3. The van der Waals surface area contributed by atoms with E-state index in [2.05, 4.69) is 24.4 Å². The van der Waals surface area contributed by atoms with Crippen molar-refractivity contribution < 1.29 is 0 Å². The molecule has 86 valence electrons. The molecule has 1 aromatic rings. The van der Waals surface area contributed by atoms with Crippen LogP contribution in [0.25, 0.3) is 0 Å². The van der Waals surface area contributed by atoms with Crippen molar-refractivity contribution in [2.75, 3.05) is 0 Å². The molecule has 0 bridgehead atoms. The third-order valence-electron chi connectivity index (χ3n) is 2.75. The summed E-state index contributed by atoms with van der Waals surface area (Å²) in [6.07, 6.45) is 7.44. The van der Waals surface area contributed by atoms with Crippen LogP contribution in [0.5, 0.6) is 0 Å². The molecule has 15 heavy (non-hydrogen) atoms. The number of aromatic nitrogens is 2. The topological polar surface area (TPSA) is 55.9 Å². The number of nitrogens with zero attached hydrogens (tertiary/aromatic N) is 2. The van der Waals surface area contributed by atoms with E-state index in [1.54, 1.807) is 0 Å². The van der Waals surface area contributed by atoms with Gasteiger partial charge in [0.05, 0.1) is 6.20 Å². The smallest absolute Gasteiger partial charge is 0.0538 e. The summed E-state index contributed by atoms with van der Waals surface area (Å²) in [5, 5.41) is 4.16. The average molecular weight is 210 g/mol. The van der Waals surface area contributed by atoms with E-state index in [-0.39, 0.29) is 6.04 Å². The fourth-order valence-corrected chi connectivity index (χ4v) is 1.93. The van der Waals surface area contributed by atoms with Gasteiger partial charge < -0.3 is 0 Å². The maximum atomic E-state index is 5.57. The lowest BCUT2D eigenvalue weighted by Gasteiger charge is -2.18. The molecule has 2 atom stereocenters. The molecule has 4 heteroatoms. The van der Waals surface area contributed by atoms with Crippen LogP contribution in [-0.4, -0.2) is 9.78 Å². The monoisotopic (exact) mass is 210 g/mol. The Kier molecular flexibility index (Phi) is 4.78. The molecule has 0 fully saturated rings. The van der Waals surface area contributed by atoms with Crippen molar-refractivity contribution in [1.29, 1.82) is 0 Å². The van der Waals surface area contributed by atoms with Crippen molar-refractivity contribution >= 4 is 0 Å². The van der Waals surface area contributed by atoms with Gasteiger partial charge in [-0.1, -0.05) is 26.7 Å². The SMILES string of the molecule is CCCC(C)CC(NN)c1cnn(C)c1. The third-order valence-corrected chi connectivity index (χ3v) is 2.75. The fourth-order valence-electron chi connectivity index (χ4n) is 1.93. The highest BCUT2D eigenvalue weighted by Gasteiger charge is 2.14. The zero-order chi connectivity index (χ0) is 11.3. The van der Waals surface area contributed by atoms with Gasteiger partial charge in [0, 0.05) is 24.8 Å². The van der Waals surface area contributed by atoms with Gasteiger partial charge in [-0.15, -0.1) is 0 Å². The lowest BCUT2D eigenvalue weighted by atomic mass is 9.95. The molecule has 4 nitrogen and oxygen atoms in total. The summed E-state index contributed by atoms with van der Waals surface area (Å²) in [5.41, 5.74) is 4.04. The van der Waals surface area contributed by atoms with E-state index in [1.165, 1.54) is 18.4 Å². The summed E-state index contributed by atoms with van der Waals surface area (Å²) in [6, 6.07) is 0.222. The largest absolute Gasteiger partial charge is 0.275 e. The summed E-state index contributed by atoms with van der Waals surface area (Å²) in [5.74, 6) is 6.26. The van der Waals surface area contributed by atoms with E-state index in [9.17, 15) is 0 Å². The van der Waals surface area contributed by atoms with Gasteiger partial charge in [-0.25, -0.2) is 0 Å². The first-order valence-corrected chi connectivity index (χ1v) is 5.62. The lowest BCUT2D eigenvalue weighted by molar-refractivity contribution is 0.394. The van der Waals surface area contributed by atoms with Crippen LogP contribution in [0.4, 0.5) is 0 Å². The van der Waals surface area contributed by atoms with Gasteiger partial charge in [-0.2, -0.15) is 5.10 Å². The van der Waals surface area contributed by atoms with E-state index in [0.717, 1.165) is 6.42 Å². The Morgan fingerprint density at radius 3 is 2.80 bits per heavy atom. The van der Waals surface area contributed by atoms with Gasteiger partial charge in [0.15, 0.2) is 0 Å². The van der Waals surface area contributed by atoms with Crippen molar-refractivity contribution in [2.24, 2.45) is 18.8 Å². The minimum absolute atomic E-state index is 0.222. The van der Waals surface area contributed by atoms with Crippen molar-refractivity contribution in [3.8, 4) is 0 Å². The molecule has 0 amide bonds. The van der Waals surface area contributed by atoms with Crippen LogP contribution in [0.2, 0.25) is 0 Å². The number of hydrogen-bond donors (Lipinski definition) is 2. The molecule has 3 N–H and O–H groups in total. The summed E-state index contributed by atoms with van der Waals surface area (Å²) in [7, 11) is 1.92. The predicted octanol–water partition coefficient (Wildman–Crippen LogP) is 1.75. The van der Waals surface area contributed by atoms with E-state index in [1.807, 2.05) is 24.1 Å². The molecule has 0 aliphatic heterocycles. The van der Waals surface area contributed by atoms with Crippen LogP contribution >= 0.6 is 0 Å². The van der Waals surface area contributed by atoms with Crippen LogP contribution in [-0.2, 0) is 7.05 Å². The summed E-state index contributed by atoms with van der Waals surface area (Å²) >= 11 is 0. The third kappa shape index (κ3) is 3.64. The molecule has 0 spiro atoms. The summed E-state index contributed by atoms with van der Waals surface area (Å²) < 4.78 is 1.81. The fraction of sp³-hybridized carbons (Fsp3) is 0.727. The molecule has 1 aromatic heterocycles. The summed E-state index contributed by atoms with van der Waals surface area (Å²) in [4.78, 5) is 0. The van der Waals surface area contributed by atoms with E-state index in [4.69, 9.17) is 5.84 Å². The zero-order valence-corrected chi connectivity index (χ0v) is 9.90. The van der Waals surface area contributed by atoms with E-state index < -0.39 is 0 Å². The quantitative estimate of drug-likeness (QED) is 0.555. The van der Waals surface area contributed by atoms with Gasteiger partial charge in [-0.3, -0.25) is 16.0 Å². The standard InChI is InChI=1S/C11H22N4/c1-4-5-9(2)6-11(14-12)10-7-13-15(3)8-10/h7-9,11,14H,4-6,12H2,1-3H3. The number of rotatable bonds is 6. The van der Waals surface area contributed by atoms with Gasteiger partial charge >= 0.3 is 0 Å². The van der Waals surface area contributed by atoms with Crippen LogP contribution in [0.15, 0.2) is 12.4 Å². The predicted molar refractivity (Wildman–Crippen MR) is 62.0 cm³/mol. The molecule has 0 aliphatic carbocycles. The Hall–Kier alpha value is -0.870. The number of hydrazine groups is 1. The Balaban J connectivity index is 2.56. The van der Waals surface area contributed by atoms with E-state index in [0.29, 0.717) is 5.92 Å². The molecule has 0 aromatic carbocycles. The molecule has 0 aliphatic rings. The van der Waals surface area contributed by atoms with Gasteiger partial charge in [0.25, 0.3) is 0 Å². The minimum atomic E-state index is 0.222. The average Bonchev–Trinajstić information content (AvgIpc) is 2.61. The molecule has 0 saturated heterocycles. The first kappa shape index (κ1) is 12.2. The first-order chi connectivity index (χ1) is 7.17. The van der Waals surface area contributed by atoms with Crippen LogP contribution in [0.3, 0.4) is 0 Å². The highest BCUT2D eigenvalue weighted by Crippen LogP contribution is 2.22. The minimum Gasteiger partial charge on any atom is -0.275 e. The zero-order valence-electron chi connectivity index (χ0n) is 9.90. The van der Waals surface area contributed by atoms with Crippen molar-refractivity contribution in [3.63, 3.8) is 0 Å². The molecule has 0 radical (unpaired) electrons. The van der Waals surface area contributed by atoms with Crippen LogP contribution < -0.4 is 11.3 Å². The van der Waals surface area contributed by atoms with Crippen molar-refractivity contribution in [2.45, 2.75) is 39.2 Å². The lowest BCUT2D eigenvalue weighted by Crippen LogP contribution is -2.29.